The van der Waals surface area contributed by atoms with Crippen LogP contribution in [0.3, 0.4) is 0 Å². The van der Waals surface area contributed by atoms with E-state index in [1.807, 2.05) is 0 Å². The third kappa shape index (κ3) is 10.7. The first-order chi connectivity index (χ1) is 11.9. The topological polar surface area (TPSA) is 72.4 Å². The number of halogens is 8. The van der Waals surface area contributed by atoms with E-state index < -0.39 is 18.3 Å². The van der Waals surface area contributed by atoms with Crippen LogP contribution in [0.2, 0.25) is 0 Å². The first-order valence-corrected chi connectivity index (χ1v) is 16.2. The molecule has 0 spiro atoms. The van der Waals surface area contributed by atoms with Crippen molar-refractivity contribution in [3.8, 4) is 0 Å². The minimum absolute atomic E-state index is 0.00802. The van der Waals surface area contributed by atoms with E-state index in [0.717, 1.165) is 0 Å². The van der Waals surface area contributed by atoms with E-state index in [-0.39, 0.29) is 23.7 Å². The van der Waals surface area contributed by atoms with Crippen molar-refractivity contribution in [2.75, 3.05) is 32.0 Å². The van der Waals surface area contributed by atoms with Gasteiger partial charge in [0.05, 0.1) is 13.9 Å². The Morgan fingerprint density at radius 2 is 1.19 bits per heavy atom. The Hall–Kier alpha value is 3.57. The van der Waals surface area contributed by atoms with Crippen LogP contribution in [0.1, 0.15) is 19.3 Å². The van der Waals surface area contributed by atoms with Gasteiger partial charge in [-0.05, 0) is 12.8 Å². The van der Waals surface area contributed by atoms with Crippen molar-refractivity contribution in [1.29, 1.82) is 0 Å². The Morgan fingerprint density at radius 1 is 0.808 bits per heavy atom. The average Bonchev–Trinajstić information content (AvgIpc) is 2.56. The Kier molecular flexibility index (Phi) is 15.0. The molecule has 0 radical (unpaired) electrons. The molecule has 0 aromatic carbocycles. The Morgan fingerprint density at radius 3 is 1.50 bits per heavy atom. The van der Waals surface area contributed by atoms with Gasteiger partial charge in [-0.3, -0.25) is 0 Å². The summed E-state index contributed by atoms with van der Waals surface area (Å²) in [4.78, 5) is 22.5. The summed E-state index contributed by atoms with van der Waals surface area (Å²) in [6, 6.07) is 0. The van der Waals surface area contributed by atoms with Crippen molar-refractivity contribution in [3.05, 3.63) is 0 Å². The molecule has 0 N–H and O–H groups in total. The lowest BCUT2D eigenvalue weighted by Crippen LogP contribution is -2.40. The minimum atomic E-state index is -5.19. The van der Waals surface area contributed by atoms with Gasteiger partial charge in [-0.2, -0.15) is 0 Å². The van der Waals surface area contributed by atoms with Gasteiger partial charge in [0.1, 0.15) is 4.33 Å². The third-order valence-corrected chi connectivity index (χ3v) is 12.1. The van der Waals surface area contributed by atoms with Crippen LogP contribution in [0.15, 0.2) is 0 Å². The fourth-order valence-electron chi connectivity index (χ4n) is 2.29. The van der Waals surface area contributed by atoms with Crippen molar-refractivity contribution < 1.29 is 18.9 Å². The average molecular weight is 821 g/mol. The van der Waals surface area contributed by atoms with E-state index in [1.165, 1.54) is 0 Å². The van der Waals surface area contributed by atoms with E-state index in [4.69, 9.17) is 27.7 Å². The van der Waals surface area contributed by atoms with E-state index in [9.17, 15) is 14.4 Å². The standard InChI is InChI=1S/C13H21Br6Cl2O4P/c14-4-11(5-15,6-16)1-10(25-26(22,23)24)2-13(20,21)3-12(7-17,8-18)9-19/h10H,1-9H2,(H2,22,23,24)/p-2. The maximum atomic E-state index is 11.2. The zero-order valence-corrected chi connectivity index (χ0v) is 25.5. The van der Waals surface area contributed by atoms with Crippen LogP contribution in [0, 0.1) is 10.8 Å². The quantitative estimate of drug-likeness (QED) is 0.162. The largest absolute Gasteiger partial charge is 0.790 e. The highest BCUT2D eigenvalue weighted by atomic mass is 79.9. The lowest BCUT2D eigenvalue weighted by Gasteiger charge is -2.41. The number of hydrogen-bond donors (Lipinski definition) is 0. The van der Waals surface area contributed by atoms with Crippen LogP contribution in [-0.2, 0) is 9.09 Å². The summed E-state index contributed by atoms with van der Waals surface area (Å²) in [5.41, 5.74) is -0.634. The maximum Gasteiger partial charge on any atom is 0.121 e. The summed E-state index contributed by atoms with van der Waals surface area (Å²) in [5.74, 6) is 0. The van der Waals surface area contributed by atoms with Crippen molar-refractivity contribution in [1.82, 2.24) is 0 Å². The molecule has 0 heterocycles. The molecule has 158 valence electrons. The van der Waals surface area contributed by atoms with E-state index in [2.05, 4.69) is 95.6 Å². The molecule has 0 aliphatic rings. The van der Waals surface area contributed by atoms with Gasteiger partial charge in [0.2, 0.25) is 0 Å². The second-order valence-corrected chi connectivity index (χ2v) is 12.5. The van der Waals surface area contributed by atoms with Crippen molar-refractivity contribution in [3.63, 3.8) is 0 Å². The monoisotopic (exact) mass is 814 g/mol. The van der Waals surface area contributed by atoms with Gasteiger partial charge < -0.3 is 18.9 Å². The molecule has 0 saturated carbocycles. The van der Waals surface area contributed by atoms with Crippen LogP contribution in [0.5, 0.6) is 0 Å². The van der Waals surface area contributed by atoms with Gasteiger partial charge in [-0.25, -0.2) is 0 Å². The summed E-state index contributed by atoms with van der Waals surface area (Å²) in [5, 5.41) is 3.63. The molecule has 0 rings (SSSR count). The predicted molar refractivity (Wildman–Crippen MR) is 128 cm³/mol. The van der Waals surface area contributed by atoms with Gasteiger partial charge >= 0.3 is 0 Å². The number of phosphoric acid groups is 1. The number of rotatable bonds is 14. The van der Waals surface area contributed by atoms with Gasteiger partial charge in [-0.15, -0.1) is 23.2 Å². The molecular weight excluding hydrogens is 801 g/mol. The summed E-state index contributed by atoms with van der Waals surface area (Å²) in [6.45, 7) is 0. The molecule has 1 atom stereocenters. The second-order valence-electron chi connectivity index (χ2n) is 6.42. The zero-order valence-electron chi connectivity index (χ0n) is 13.5. The summed E-state index contributed by atoms with van der Waals surface area (Å²) in [7, 11) is -5.19. The highest BCUT2D eigenvalue weighted by Crippen LogP contribution is 2.46. The predicted octanol–water partition coefficient (Wildman–Crippen LogP) is 5.89. The lowest BCUT2D eigenvalue weighted by atomic mass is 9.84. The normalized spacial score (nSPS) is 15.3. The molecule has 0 amide bonds. The van der Waals surface area contributed by atoms with Crippen molar-refractivity contribution in [2.24, 2.45) is 10.8 Å². The molecule has 26 heavy (non-hydrogen) atoms. The molecule has 0 aliphatic heterocycles. The molecule has 0 aliphatic carbocycles. The number of alkyl halides is 8. The molecule has 13 heteroatoms. The first kappa shape index (κ1) is 29.6. The highest BCUT2D eigenvalue weighted by Gasteiger charge is 2.41. The summed E-state index contributed by atoms with van der Waals surface area (Å²) < 4.78 is 14.8. The summed E-state index contributed by atoms with van der Waals surface area (Å²) >= 11 is 33.8. The smallest absolute Gasteiger partial charge is 0.121 e. The van der Waals surface area contributed by atoms with Crippen LogP contribution in [0.25, 0.3) is 0 Å². The second kappa shape index (κ2) is 13.2. The molecule has 0 aromatic rings. The highest BCUT2D eigenvalue weighted by molar-refractivity contribution is 9.10. The SMILES string of the molecule is O=P([O-])([O-])OC(CC(Cl)(Cl)CC(CBr)(CBr)CBr)CC(CBr)(CBr)CBr. The van der Waals surface area contributed by atoms with Crippen LogP contribution in [0.4, 0.5) is 0 Å². The van der Waals surface area contributed by atoms with Gasteiger partial charge in [0, 0.05) is 49.2 Å². The molecule has 0 saturated heterocycles. The van der Waals surface area contributed by atoms with E-state index in [1.54, 1.807) is 0 Å². The van der Waals surface area contributed by atoms with Crippen molar-refractivity contribution in [2.45, 2.75) is 29.7 Å². The third-order valence-electron chi connectivity index (χ3n) is 3.80. The number of phosphoric ester groups is 1. The molecule has 4 nitrogen and oxygen atoms in total. The molecule has 0 aromatic heterocycles. The molecule has 1 unspecified atom stereocenters. The fraction of sp³-hybridized carbons (Fsp3) is 1.00. The van der Waals surface area contributed by atoms with Gasteiger partial charge in [0.25, 0.3) is 0 Å². The van der Waals surface area contributed by atoms with E-state index >= 15 is 0 Å². The van der Waals surface area contributed by atoms with E-state index in [0.29, 0.717) is 38.4 Å². The maximum absolute atomic E-state index is 11.2. The zero-order chi connectivity index (χ0) is 20.6. The summed E-state index contributed by atoms with van der Waals surface area (Å²) in [6.07, 6.45) is -0.267. The number of hydrogen-bond acceptors (Lipinski definition) is 4. The van der Waals surface area contributed by atoms with Crippen LogP contribution < -0.4 is 9.79 Å². The minimum Gasteiger partial charge on any atom is -0.790 e. The Bertz CT molecular complexity index is 443. The molecule has 0 fully saturated rings. The lowest BCUT2D eigenvalue weighted by molar-refractivity contribution is -0.345. The van der Waals surface area contributed by atoms with Crippen molar-refractivity contribution >= 4 is 127 Å². The molecule has 0 bridgehead atoms. The van der Waals surface area contributed by atoms with Gasteiger partial charge in [0.15, 0.2) is 0 Å². The van der Waals surface area contributed by atoms with Crippen LogP contribution >= 0.6 is 127 Å². The first-order valence-electron chi connectivity index (χ1n) is 7.30. The van der Waals surface area contributed by atoms with Gasteiger partial charge in [-0.1, -0.05) is 95.6 Å². The molecular formula is C13H19Br6Cl2O4P-2. The Balaban J connectivity index is 5.48. The fourth-order valence-corrected chi connectivity index (χ4v) is 10.6. The van der Waals surface area contributed by atoms with Crippen LogP contribution in [-0.4, -0.2) is 42.4 Å². The Labute approximate surface area is 215 Å².